The van der Waals surface area contributed by atoms with E-state index in [0.29, 0.717) is 23.5 Å². The Balaban J connectivity index is 1.78. The summed E-state index contributed by atoms with van der Waals surface area (Å²) in [6, 6.07) is 6.28. The normalized spacial score (nSPS) is 37.1. The lowest BCUT2D eigenvalue weighted by Crippen LogP contribution is -2.54. The number of benzene rings is 1. The first-order valence-corrected chi connectivity index (χ1v) is 12.0. The van der Waals surface area contributed by atoms with E-state index in [1.807, 2.05) is 6.07 Å². The van der Waals surface area contributed by atoms with Gasteiger partial charge in [-0.2, -0.15) is 0 Å². The zero-order valence-electron chi connectivity index (χ0n) is 19.0. The predicted octanol–water partition coefficient (Wildman–Crippen LogP) is 6.19. The second-order valence-corrected chi connectivity index (χ2v) is 10.4. The van der Waals surface area contributed by atoms with Gasteiger partial charge in [0.25, 0.3) is 0 Å². The van der Waals surface area contributed by atoms with E-state index in [4.69, 9.17) is 4.74 Å². The molecule has 3 aliphatic carbocycles. The summed E-state index contributed by atoms with van der Waals surface area (Å²) in [7, 11) is 0. The summed E-state index contributed by atoms with van der Waals surface area (Å²) < 4.78 is 5.38. The molecule has 0 heterocycles. The zero-order valence-corrected chi connectivity index (χ0v) is 19.0. The molecule has 0 bridgehead atoms. The highest BCUT2D eigenvalue weighted by Crippen LogP contribution is 2.69. The van der Waals surface area contributed by atoms with Crippen LogP contribution in [0.25, 0.3) is 0 Å². The van der Waals surface area contributed by atoms with Crippen molar-refractivity contribution in [3.63, 3.8) is 0 Å². The Labute approximate surface area is 181 Å². The van der Waals surface area contributed by atoms with E-state index >= 15 is 0 Å². The van der Waals surface area contributed by atoms with Gasteiger partial charge in [0.15, 0.2) is 0 Å². The first kappa shape index (κ1) is 21.6. The first-order valence-electron chi connectivity index (χ1n) is 12.0. The number of aryl methyl sites for hydroxylation is 1. The fourth-order valence-corrected chi connectivity index (χ4v) is 7.57. The third kappa shape index (κ3) is 3.34. The predicted molar refractivity (Wildman–Crippen MR) is 121 cm³/mol. The van der Waals surface area contributed by atoms with Crippen LogP contribution in [0.15, 0.2) is 30.9 Å². The molecule has 1 N–H and O–H groups in total. The number of ether oxygens (including phenoxy) is 1. The van der Waals surface area contributed by atoms with Crippen molar-refractivity contribution in [3.8, 4) is 5.75 Å². The monoisotopic (exact) mass is 410 g/mol. The molecule has 0 amide bonds. The van der Waals surface area contributed by atoms with Crippen molar-refractivity contribution in [2.24, 2.45) is 22.7 Å². The number of fused-ring (bicyclic) bond motifs is 5. The Hall–Kier alpha value is -1.61. The van der Waals surface area contributed by atoms with Gasteiger partial charge >= 0.3 is 5.97 Å². The van der Waals surface area contributed by atoms with Gasteiger partial charge in [0.1, 0.15) is 5.75 Å². The van der Waals surface area contributed by atoms with Crippen molar-refractivity contribution in [2.75, 3.05) is 0 Å². The molecule has 0 radical (unpaired) electrons. The number of carbonyl (C=O) groups is 1. The highest BCUT2D eigenvalue weighted by Gasteiger charge is 2.63. The molecule has 3 aliphatic rings. The molecule has 3 nitrogen and oxygen atoms in total. The van der Waals surface area contributed by atoms with E-state index in [9.17, 15) is 9.90 Å². The van der Waals surface area contributed by atoms with Gasteiger partial charge in [0.2, 0.25) is 0 Å². The molecule has 0 aliphatic heterocycles. The van der Waals surface area contributed by atoms with Crippen LogP contribution in [0, 0.1) is 22.7 Å². The fourth-order valence-electron chi connectivity index (χ4n) is 7.57. The van der Waals surface area contributed by atoms with Crippen LogP contribution in [0.5, 0.6) is 5.75 Å². The van der Waals surface area contributed by atoms with Crippen LogP contribution >= 0.6 is 0 Å². The number of allylic oxidation sites excluding steroid dienone is 1. The minimum absolute atomic E-state index is 0.00322. The highest BCUT2D eigenvalue weighted by molar-refractivity contribution is 5.69. The largest absolute Gasteiger partial charge is 0.427 e. The number of hydrogen-bond donors (Lipinski definition) is 1. The third-order valence-electron chi connectivity index (χ3n) is 8.78. The Kier molecular flexibility index (Phi) is 5.87. The Morgan fingerprint density at radius 1 is 1.33 bits per heavy atom. The van der Waals surface area contributed by atoms with Crippen molar-refractivity contribution in [3.05, 3.63) is 42.0 Å². The van der Waals surface area contributed by atoms with E-state index in [-0.39, 0.29) is 22.9 Å². The summed E-state index contributed by atoms with van der Waals surface area (Å²) in [5.74, 6) is 1.89. The van der Waals surface area contributed by atoms with E-state index in [2.05, 4.69) is 38.6 Å². The van der Waals surface area contributed by atoms with Crippen LogP contribution in [0.1, 0.15) is 89.2 Å². The summed E-state index contributed by atoms with van der Waals surface area (Å²) in [6.07, 6.45) is 12.2. The summed E-state index contributed by atoms with van der Waals surface area (Å²) >= 11 is 0. The number of hydrogen-bond acceptors (Lipinski definition) is 3. The smallest absolute Gasteiger partial charge is 0.308 e. The molecule has 0 saturated heterocycles. The highest BCUT2D eigenvalue weighted by atomic mass is 16.5. The number of carbonyl (C=O) groups excluding carboxylic acids is 1. The van der Waals surface area contributed by atoms with Crippen LogP contribution in [0.3, 0.4) is 0 Å². The summed E-state index contributed by atoms with van der Waals surface area (Å²) in [5, 5.41) is 11.0. The van der Waals surface area contributed by atoms with Gasteiger partial charge in [0, 0.05) is 6.92 Å². The maximum absolute atomic E-state index is 11.4. The molecule has 1 aromatic carbocycles. The molecule has 0 aromatic heterocycles. The molecule has 3 heteroatoms. The van der Waals surface area contributed by atoms with Crippen molar-refractivity contribution in [1.82, 2.24) is 0 Å². The molecular formula is C27H38O3. The van der Waals surface area contributed by atoms with Gasteiger partial charge in [-0.3, -0.25) is 4.79 Å². The van der Waals surface area contributed by atoms with Gasteiger partial charge in [-0.25, -0.2) is 0 Å². The van der Waals surface area contributed by atoms with E-state index in [0.717, 1.165) is 32.1 Å². The van der Waals surface area contributed by atoms with Crippen molar-refractivity contribution < 1.29 is 14.6 Å². The quantitative estimate of drug-likeness (QED) is 0.263. The number of aliphatic hydroxyl groups excluding tert-OH is 1. The third-order valence-corrected chi connectivity index (χ3v) is 8.78. The fraction of sp³-hybridized carbons (Fsp3) is 0.667. The molecule has 2 saturated carbocycles. The lowest BCUT2D eigenvalue weighted by Gasteiger charge is -2.60. The van der Waals surface area contributed by atoms with Crippen LogP contribution in [0.4, 0.5) is 0 Å². The second kappa shape index (κ2) is 8.15. The molecule has 6 atom stereocenters. The maximum Gasteiger partial charge on any atom is 0.308 e. The minimum Gasteiger partial charge on any atom is -0.427 e. The molecule has 4 rings (SSSR count). The van der Waals surface area contributed by atoms with Crippen LogP contribution < -0.4 is 4.74 Å². The van der Waals surface area contributed by atoms with E-state index in [1.54, 1.807) is 0 Å². The Bertz CT molecular complexity index is 814. The maximum atomic E-state index is 11.4. The summed E-state index contributed by atoms with van der Waals surface area (Å²) in [6.45, 7) is 10.5. The van der Waals surface area contributed by atoms with Gasteiger partial charge < -0.3 is 9.84 Å². The molecule has 2 fully saturated rings. The van der Waals surface area contributed by atoms with Gasteiger partial charge in [0.05, 0.1) is 6.10 Å². The van der Waals surface area contributed by atoms with Crippen molar-refractivity contribution in [1.29, 1.82) is 0 Å². The molecule has 30 heavy (non-hydrogen) atoms. The molecule has 0 unspecified atom stereocenters. The van der Waals surface area contributed by atoms with Crippen LogP contribution in [-0.2, 0) is 11.2 Å². The van der Waals surface area contributed by atoms with E-state index < -0.39 is 0 Å². The van der Waals surface area contributed by atoms with Crippen LogP contribution in [0.2, 0.25) is 0 Å². The standard InChI is InChI=1S/C27H38O3/c1-5-7-8-9-20-17-26(4)23(12-13-24(26)29)27(6-2)15-14-19-16-21(30-18(3)28)10-11-22(19)25(20)27/h6,10-11,16,20,23-25,29H,2,5,7-9,12-15,17H2,1,3-4H3/t20-,23+,24-,25+,26-,27-/m0/s1. The van der Waals surface area contributed by atoms with Crippen molar-refractivity contribution >= 4 is 5.97 Å². The second-order valence-electron chi connectivity index (χ2n) is 10.4. The Morgan fingerprint density at radius 2 is 2.13 bits per heavy atom. The molecule has 0 spiro atoms. The van der Waals surface area contributed by atoms with Gasteiger partial charge in [-0.1, -0.05) is 45.3 Å². The molecular weight excluding hydrogens is 372 g/mol. The Morgan fingerprint density at radius 3 is 2.83 bits per heavy atom. The topological polar surface area (TPSA) is 46.5 Å². The lowest BCUT2D eigenvalue weighted by atomic mass is 9.44. The van der Waals surface area contributed by atoms with Gasteiger partial charge in [-0.15, -0.1) is 6.58 Å². The average Bonchev–Trinajstić information content (AvgIpc) is 3.02. The minimum atomic E-state index is -0.267. The average molecular weight is 411 g/mol. The number of esters is 1. The number of aliphatic hydroxyl groups is 1. The zero-order chi connectivity index (χ0) is 21.5. The number of unbranched alkanes of at least 4 members (excludes halogenated alkanes) is 2. The first-order chi connectivity index (χ1) is 14.4. The summed E-state index contributed by atoms with van der Waals surface area (Å²) in [4.78, 5) is 11.4. The number of rotatable bonds is 6. The van der Waals surface area contributed by atoms with Gasteiger partial charge in [-0.05, 0) is 90.4 Å². The summed E-state index contributed by atoms with van der Waals surface area (Å²) in [5.41, 5.74) is 2.81. The SMILES string of the molecule is C=C[C@@]12CCc3cc(OC(C)=O)ccc3[C@H]1[C@@H](CCCCC)C[C@@]1(C)[C@H]2CC[C@@H]1O. The lowest BCUT2D eigenvalue weighted by molar-refractivity contribution is -0.131. The molecule has 164 valence electrons. The van der Waals surface area contributed by atoms with E-state index in [1.165, 1.54) is 43.7 Å². The van der Waals surface area contributed by atoms with Crippen molar-refractivity contribution in [2.45, 2.75) is 90.6 Å². The molecule has 1 aromatic rings. The van der Waals surface area contributed by atoms with Crippen LogP contribution in [-0.4, -0.2) is 17.2 Å².